The Kier molecular flexibility index (Phi) is 4.60. The lowest BCUT2D eigenvalue weighted by molar-refractivity contribution is -0.137. The lowest BCUT2D eigenvalue weighted by Crippen LogP contribution is -2.22. The molecule has 0 aliphatic heterocycles. The predicted octanol–water partition coefficient (Wildman–Crippen LogP) is 2.89. The molecule has 10 heteroatoms. The van der Waals surface area contributed by atoms with E-state index < -0.39 is 35.2 Å². The number of benzene rings is 1. The summed E-state index contributed by atoms with van der Waals surface area (Å²) in [6.07, 6.45) is -3.46. The normalized spacial score (nSPS) is 11.3. The molecular formula is C13H9ClF3N3O3. The number of nitrogens with zero attached hydrogens (tertiary/aromatic N) is 2. The van der Waals surface area contributed by atoms with Gasteiger partial charge in [-0.2, -0.15) is 18.3 Å². The molecule has 0 aliphatic rings. The number of carbonyl (C=O) groups excluding carboxylic acids is 1. The minimum Gasteiger partial charge on any atom is -0.477 e. The summed E-state index contributed by atoms with van der Waals surface area (Å²) in [6.45, 7) is -0.460. The van der Waals surface area contributed by atoms with Crippen LogP contribution in [0.25, 0.3) is 0 Å². The highest BCUT2D eigenvalue weighted by Crippen LogP contribution is 2.36. The number of amides is 1. The molecule has 0 saturated carbocycles. The number of hydrogen-bond donors (Lipinski definition) is 2. The average Bonchev–Trinajstić information content (AvgIpc) is 2.87. The molecule has 0 spiro atoms. The SMILES string of the molecule is O=C(Cn1nccc1C(=O)O)Nc1ccc(Cl)c(C(F)(F)F)c1. The Labute approximate surface area is 132 Å². The summed E-state index contributed by atoms with van der Waals surface area (Å²) in [5.41, 5.74) is -1.41. The number of hydrogen-bond acceptors (Lipinski definition) is 3. The lowest BCUT2D eigenvalue weighted by atomic mass is 10.2. The van der Waals surface area contributed by atoms with Crippen molar-refractivity contribution >= 4 is 29.2 Å². The third-order valence-corrected chi connectivity index (χ3v) is 3.11. The third kappa shape index (κ3) is 4.01. The molecule has 23 heavy (non-hydrogen) atoms. The molecule has 1 amide bonds. The van der Waals surface area contributed by atoms with Gasteiger partial charge in [0.25, 0.3) is 0 Å². The molecule has 1 aromatic heterocycles. The Bertz CT molecular complexity index is 758. The maximum Gasteiger partial charge on any atom is 0.417 e. The number of aromatic nitrogens is 2. The van der Waals surface area contributed by atoms with E-state index in [4.69, 9.17) is 16.7 Å². The topological polar surface area (TPSA) is 84.2 Å². The molecule has 1 aromatic carbocycles. The van der Waals surface area contributed by atoms with Crippen molar-refractivity contribution in [2.75, 3.05) is 5.32 Å². The van der Waals surface area contributed by atoms with Crippen molar-refractivity contribution in [2.24, 2.45) is 0 Å². The van der Waals surface area contributed by atoms with Gasteiger partial charge in [-0.05, 0) is 24.3 Å². The maximum absolute atomic E-state index is 12.7. The summed E-state index contributed by atoms with van der Waals surface area (Å²) >= 11 is 5.48. The van der Waals surface area contributed by atoms with E-state index in [1.165, 1.54) is 18.3 Å². The number of anilines is 1. The number of nitrogens with one attached hydrogen (secondary N) is 1. The van der Waals surface area contributed by atoms with E-state index >= 15 is 0 Å². The van der Waals surface area contributed by atoms with Crippen LogP contribution in [0.5, 0.6) is 0 Å². The molecule has 2 aromatic rings. The summed E-state index contributed by atoms with van der Waals surface area (Å²) in [6, 6.07) is 4.11. The number of aromatic carboxylic acids is 1. The van der Waals surface area contributed by atoms with Crippen LogP contribution in [0.1, 0.15) is 16.1 Å². The molecule has 6 nitrogen and oxygen atoms in total. The zero-order valence-electron chi connectivity index (χ0n) is 11.3. The van der Waals surface area contributed by atoms with Gasteiger partial charge in [0.15, 0.2) is 0 Å². The fourth-order valence-corrected chi connectivity index (χ4v) is 2.02. The molecule has 0 saturated heterocycles. The first-order valence-electron chi connectivity index (χ1n) is 6.10. The first-order chi connectivity index (χ1) is 10.7. The summed E-state index contributed by atoms with van der Waals surface area (Å²) in [5, 5.41) is 14.3. The van der Waals surface area contributed by atoms with Gasteiger partial charge in [0.2, 0.25) is 5.91 Å². The highest BCUT2D eigenvalue weighted by molar-refractivity contribution is 6.31. The fourth-order valence-electron chi connectivity index (χ4n) is 1.80. The lowest BCUT2D eigenvalue weighted by Gasteiger charge is -2.12. The van der Waals surface area contributed by atoms with Crippen molar-refractivity contribution in [1.82, 2.24) is 9.78 Å². The predicted molar refractivity (Wildman–Crippen MR) is 74.3 cm³/mol. The van der Waals surface area contributed by atoms with E-state index in [0.717, 1.165) is 10.7 Å². The summed E-state index contributed by atoms with van der Waals surface area (Å²) < 4.78 is 39.1. The van der Waals surface area contributed by atoms with Crippen LogP contribution >= 0.6 is 11.6 Å². The van der Waals surface area contributed by atoms with Crippen molar-refractivity contribution in [2.45, 2.75) is 12.7 Å². The first kappa shape index (κ1) is 16.8. The molecule has 0 radical (unpaired) electrons. The fraction of sp³-hybridized carbons (Fsp3) is 0.154. The molecular weight excluding hydrogens is 339 g/mol. The summed E-state index contributed by atoms with van der Waals surface area (Å²) in [5.74, 6) is -2.01. The van der Waals surface area contributed by atoms with Crippen molar-refractivity contribution in [3.63, 3.8) is 0 Å². The van der Waals surface area contributed by atoms with Crippen molar-refractivity contribution < 1.29 is 27.9 Å². The molecule has 0 aliphatic carbocycles. The van der Waals surface area contributed by atoms with Gasteiger partial charge in [0, 0.05) is 11.9 Å². The van der Waals surface area contributed by atoms with Gasteiger partial charge in [-0.15, -0.1) is 0 Å². The molecule has 0 bridgehead atoms. The van der Waals surface area contributed by atoms with Gasteiger partial charge >= 0.3 is 12.1 Å². The molecule has 122 valence electrons. The second kappa shape index (κ2) is 6.29. The van der Waals surface area contributed by atoms with Crippen LogP contribution in [0, 0.1) is 0 Å². The van der Waals surface area contributed by atoms with Crippen LogP contribution in [0.2, 0.25) is 5.02 Å². The zero-order valence-corrected chi connectivity index (χ0v) is 12.0. The number of carboxylic acids is 1. The van der Waals surface area contributed by atoms with Crippen LogP contribution in [-0.4, -0.2) is 26.8 Å². The number of alkyl halides is 3. The number of carbonyl (C=O) groups is 2. The van der Waals surface area contributed by atoms with Gasteiger partial charge in [-0.3, -0.25) is 4.79 Å². The minimum atomic E-state index is -4.66. The van der Waals surface area contributed by atoms with Gasteiger partial charge in [-0.25, -0.2) is 9.48 Å². The maximum atomic E-state index is 12.7. The van der Waals surface area contributed by atoms with E-state index in [9.17, 15) is 22.8 Å². The number of carboxylic acid groups (broad SMARTS) is 1. The van der Waals surface area contributed by atoms with E-state index in [1.54, 1.807) is 0 Å². The van der Waals surface area contributed by atoms with E-state index in [0.29, 0.717) is 6.07 Å². The Morgan fingerprint density at radius 2 is 2.00 bits per heavy atom. The van der Waals surface area contributed by atoms with Crippen LogP contribution in [-0.2, 0) is 17.5 Å². The monoisotopic (exact) mass is 347 g/mol. The van der Waals surface area contributed by atoms with E-state index in [-0.39, 0.29) is 11.4 Å². The van der Waals surface area contributed by atoms with Crippen molar-refractivity contribution in [3.8, 4) is 0 Å². The Morgan fingerprint density at radius 3 is 2.61 bits per heavy atom. The Morgan fingerprint density at radius 1 is 1.30 bits per heavy atom. The van der Waals surface area contributed by atoms with E-state index in [1.807, 2.05) is 0 Å². The van der Waals surface area contributed by atoms with E-state index in [2.05, 4.69) is 10.4 Å². The van der Waals surface area contributed by atoms with Crippen LogP contribution in [0.15, 0.2) is 30.5 Å². The highest BCUT2D eigenvalue weighted by Gasteiger charge is 2.33. The second-order valence-corrected chi connectivity index (χ2v) is 4.83. The minimum absolute atomic E-state index is 0.115. The van der Waals surface area contributed by atoms with Gasteiger partial charge in [0.1, 0.15) is 12.2 Å². The largest absolute Gasteiger partial charge is 0.477 e. The smallest absolute Gasteiger partial charge is 0.417 e. The molecule has 2 rings (SSSR count). The molecule has 0 atom stereocenters. The second-order valence-electron chi connectivity index (χ2n) is 4.42. The van der Waals surface area contributed by atoms with Gasteiger partial charge in [-0.1, -0.05) is 11.6 Å². The summed E-state index contributed by atoms with van der Waals surface area (Å²) in [7, 11) is 0. The van der Waals surface area contributed by atoms with Crippen molar-refractivity contribution in [3.05, 3.63) is 46.7 Å². The van der Waals surface area contributed by atoms with Crippen LogP contribution in [0.4, 0.5) is 18.9 Å². The first-order valence-corrected chi connectivity index (χ1v) is 6.48. The summed E-state index contributed by atoms with van der Waals surface area (Å²) in [4.78, 5) is 22.7. The van der Waals surface area contributed by atoms with Crippen LogP contribution in [0.3, 0.4) is 0 Å². The Hall–Kier alpha value is -2.55. The third-order valence-electron chi connectivity index (χ3n) is 2.78. The molecule has 1 heterocycles. The highest BCUT2D eigenvalue weighted by atomic mass is 35.5. The molecule has 2 N–H and O–H groups in total. The number of rotatable bonds is 4. The Balaban J connectivity index is 2.15. The zero-order chi connectivity index (χ0) is 17.2. The molecule has 0 fully saturated rings. The number of halogens is 4. The van der Waals surface area contributed by atoms with Crippen LogP contribution < -0.4 is 5.32 Å². The quantitative estimate of drug-likeness (QED) is 0.890. The standard InChI is InChI=1S/C13H9ClF3N3O3/c14-9-2-1-7(5-8(9)13(15,16)17)19-11(21)6-20-10(12(22)23)3-4-18-20/h1-5H,6H2,(H,19,21)(H,22,23). The van der Waals surface area contributed by atoms with Gasteiger partial charge in [0.05, 0.1) is 10.6 Å². The molecule has 0 unspecified atom stereocenters. The average molecular weight is 348 g/mol. The van der Waals surface area contributed by atoms with Crippen molar-refractivity contribution in [1.29, 1.82) is 0 Å². The van der Waals surface area contributed by atoms with Gasteiger partial charge < -0.3 is 10.4 Å².